The molecule has 0 atom stereocenters. The van der Waals surface area contributed by atoms with Crippen LogP contribution < -0.4 is 11.1 Å². The lowest BCUT2D eigenvalue weighted by molar-refractivity contribution is -0.115. The molecular formula is C13H16N4O2. The van der Waals surface area contributed by atoms with Gasteiger partial charge in [-0.15, -0.1) is 0 Å². The topological polar surface area (TPSA) is 94.0 Å². The van der Waals surface area contributed by atoms with Gasteiger partial charge in [0.1, 0.15) is 0 Å². The number of hydrogen-bond acceptors (Lipinski definition) is 5. The zero-order valence-electron chi connectivity index (χ0n) is 10.5. The normalized spacial score (nSPS) is 10.4. The molecule has 1 heterocycles. The van der Waals surface area contributed by atoms with E-state index >= 15 is 0 Å². The first-order chi connectivity index (χ1) is 9.28. The Kier molecular flexibility index (Phi) is 4.63. The van der Waals surface area contributed by atoms with Crippen LogP contribution >= 0.6 is 0 Å². The summed E-state index contributed by atoms with van der Waals surface area (Å²) in [4.78, 5) is 15.9. The minimum Gasteiger partial charge on any atom is -0.339 e. The maximum Gasteiger partial charge on any atom is 0.232 e. The standard InChI is InChI=1S/C13H16N4O2/c14-8-4-7-13-16-11(17-19-13)9-12(18)15-10-5-2-1-3-6-10/h1-3,5-6H,4,7-9,14H2,(H,15,18). The van der Waals surface area contributed by atoms with Crippen LogP contribution in [0.3, 0.4) is 0 Å². The van der Waals surface area contributed by atoms with E-state index in [1.807, 2.05) is 30.3 Å². The van der Waals surface area contributed by atoms with Crippen molar-refractivity contribution in [1.82, 2.24) is 10.1 Å². The van der Waals surface area contributed by atoms with E-state index in [-0.39, 0.29) is 12.3 Å². The van der Waals surface area contributed by atoms with Crippen LogP contribution in [0.15, 0.2) is 34.9 Å². The Morgan fingerprint density at radius 3 is 2.84 bits per heavy atom. The Labute approximate surface area is 111 Å². The molecule has 0 aliphatic rings. The van der Waals surface area contributed by atoms with Gasteiger partial charge < -0.3 is 15.6 Å². The quantitative estimate of drug-likeness (QED) is 0.812. The monoisotopic (exact) mass is 260 g/mol. The molecule has 0 radical (unpaired) electrons. The lowest BCUT2D eigenvalue weighted by Gasteiger charge is -2.01. The predicted octanol–water partition coefficient (Wildman–Crippen LogP) is 1.14. The highest BCUT2D eigenvalue weighted by molar-refractivity contribution is 5.91. The van der Waals surface area contributed by atoms with Crippen molar-refractivity contribution in [3.8, 4) is 0 Å². The number of amides is 1. The molecule has 6 nitrogen and oxygen atoms in total. The van der Waals surface area contributed by atoms with Crippen LogP contribution in [-0.2, 0) is 17.6 Å². The Hall–Kier alpha value is -2.21. The Balaban J connectivity index is 1.86. The summed E-state index contributed by atoms with van der Waals surface area (Å²) in [6.07, 6.45) is 1.53. The number of para-hydroxylation sites is 1. The van der Waals surface area contributed by atoms with Crippen LogP contribution in [0.1, 0.15) is 18.1 Å². The summed E-state index contributed by atoms with van der Waals surface area (Å²) >= 11 is 0. The molecule has 0 saturated carbocycles. The predicted molar refractivity (Wildman–Crippen MR) is 70.4 cm³/mol. The lowest BCUT2D eigenvalue weighted by Crippen LogP contribution is -2.15. The molecule has 19 heavy (non-hydrogen) atoms. The van der Waals surface area contributed by atoms with E-state index in [0.29, 0.717) is 24.7 Å². The largest absolute Gasteiger partial charge is 0.339 e. The van der Waals surface area contributed by atoms with Gasteiger partial charge in [0.05, 0.1) is 6.42 Å². The average molecular weight is 260 g/mol. The van der Waals surface area contributed by atoms with Crippen LogP contribution in [0.2, 0.25) is 0 Å². The van der Waals surface area contributed by atoms with Gasteiger partial charge in [0.15, 0.2) is 5.82 Å². The molecule has 0 bridgehead atoms. The molecule has 100 valence electrons. The number of nitrogens with one attached hydrogen (secondary N) is 1. The Morgan fingerprint density at radius 2 is 2.11 bits per heavy atom. The summed E-state index contributed by atoms with van der Waals surface area (Å²) in [7, 11) is 0. The number of benzene rings is 1. The molecule has 0 unspecified atom stereocenters. The van der Waals surface area contributed by atoms with E-state index in [2.05, 4.69) is 15.5 Å². The van der Waals surface area contributed by atoms with Gasteiger partial charge in [0.2, 0.25) is 11.8 Å². The summed E-state index contributed by atoms with van der Waals surface area (Å²) in [6, 6.07) is 9.24. The SMILES string of the molecule is NCCCc1nc(CC(=O)Nc2ccccc2)no1. The van der Waals surface area contributed by atoms with E-state index < -0.39 is 0 Å². The van der Waals surface area contributed by atoms with Crippen LogP contribution in [0.5, 0.6) is 0 Å². The van der Waals surface area contributed by atoms with Crippen molar-refractivity contribution in [3.05, 3.63) is 42.0 Å². The van der Waals surface area contributed by atoms with Gasteiger partial charge >= 0.3 is 0 Å². The van der Waals surface area contributed by atoms with Crippen molar-refractivity contribution in [1.29, 1.82) is 0 Å². The highest BCUT2D eigenvalue weighted by Gasteiger charge is 2.10. The molecule has 2 aromatic rings. The third kappa shape index (κ3) is 4.18. The van der Waals surface area contributed by atoms with Crippen LogP contribution in [0.4, 0.5) is 5.69 Å². The van der Waals surface area contributed by atoms with Gasteiger partial charge in [-0.1, -0.05) is 23.4 Å². The molecule has 0 fully saturated rings. The number of aryl methyl sites for hydroxylation is 1. The molecule has 0 saturated heterocycles. The number of anilines is 1. The fraction of sp³-hybridized carbons (Fsp3) is 0.308. The first-order valence-corrected chi connectivity index (χ1v) is 6.14. The van der Waals surface area contributed by atoms with E-state index in [4.69, 9.17) is 10.3 Å². The van der Waals surface area contributed by atoms with Crippen molar-refractivity contribution in [3.63, 3.8) is 0 Å². The molecule has 0 aliphatic heterocycles. The van der Waals surface area contributed by atoms with Crippen LogP contribution in [0, 0.1) is 0 Å². The minimum absolute atomic E-state index is 0.0982. The maximum atomic E-state index is 11.8. The molecule has 3 N–H and O–H groups in total. The lowest BCUT2D eigenvalue weighted by atomic mass is 10.3. The highest BCUT2D eigenvalue weighted by Crippen LogP contribution is 2.06. The van der Waals surface area contributed by atoms with Crippen molar-refractivity contribution >= 4 is 11.6 Å². The summed E-state index contributed by atoms with van der Waals surface area (Å²) in [5.74, 6) is 0.741. The first-order valence-electron chi connectivity index (χ1n) is 6.14. The molecule has 6 heteroatoms. The Morgan fingerprint density at radius 1 is 1.32 bits per heavy atom. The van der Waals surface area contributed by atoms with Gasteiger partial charge in [-0.25, -0.2) is 0 Å². The number of nitrogens with zero attached hydrogens (tertiary/aromatic N) is 2. The van der Waals surface area contributed by atoms with Gasteiger partial charge in [0.25, 0.3) is 0 Å². The van der Waals surface area contributed by atoms with Crippen LogP contribution in [0.25, 0.3) is 0 Å². The van der Waals surface area contributed by atoms with Crippen molar-refractivity contribution < 1.29 is 9.32 Å². The molecule has 0 spiro atoms. The van der Waals surface area contributed by atoms with Crippen molar-refractivity contribution in [2.24, 2.45) is 5.73 Å². The number of rotatable bonds is 6. The zero-order chi connectivity index (χ0) is 13.5. The van der Waals surface area contributed by atoms with Crippen molar-refractivity contribution in [2.75, 3.05) is 11.9 Å². The van der Waals surface area contributed by atoms with Gasteiger partial charge in [-0.05, 0) is 25.1 Å². The third-order valence-corrected chi connectivity index (χ3v) is 2.48. The molecule has 1 aromatic carbocycles. The van der Waals surface area contributed by atoms with E-state index in [9.17, 15) is 4.79 Å². The van der Waals surface area contributed by atoms with E-state index in [1.165, 1.54) is 0 Å². The number of aromatic nitrogens is 2. The maximum absolute atomic E-state index is 11.8. The smallest absolute Gasteiger partial charge is 0.232 e. The van der Waals surface area contributed by atoms with Gasteiger partial charge in [0, 0.05) is 12.1 Å². The number of hydrogen-bond donors (Lipinski definition) is 2. The highest BCUT2D eigenvalue weighted by atomic mass is 16.5. The fourth-order valence-corrected chi connectivity index (χ4v) is 1.59. The van der Waals surface area contributed by atoms with Crippen molar-refractivity contribution in [2.45, 2.75) is 19.3 Å². The van der Waals surface area contributed by atoms with E-state index in [1.54, 1.807) is 0 Å². The number of nitrogens with two attached hydrogens (primary N) is 1. The number of carbonyl (C=O) groups excluding carboxylic acids is 1. The summed E-state index contributed by atoms with van der Waals surface area (Å²) in [5.41, 5.74) is 6.15. The van der Waals surface area contributed by atoms with E-state index in [0.717, 1.165) is 12.1 Å². The molecule has 1 amide bonds. The molecule has 1 aromatic heterocycles. The Bertz CT molecular complexity index is 524. The summed E-state index contributed by atoms with van der Waals surface area (Å²) < 4.78 is 5.02. The zero-order valence-corrected chi connectivity index (χ0v) is 10.5. The van der Waals surface area contributed by atoms with Crippen LogP contribution in [-0.4, -0.2) is 22.6 Å². The number of carbonyl (C=O) groups is 1. The molecule has 0 aliphatic carbocycles. The molecule has 2 rings (SSSR count). The fourth-order valence-electron chi connectivity index (χ4n) is 1.59. The van der Waals surface area contributed by atoms with Gasteiger partial charge in [-0.2, -0.15) is 4.98 Å². The summed E-state index contributed by atoms with van der Waals surface area (Å²) in [5, 5.41) is 6.53. The average Bonchev–Trinajstić information content (AvgIpc) is 2.85. The van der Waals surface area contributed by atoms with Gasteiger partial charge in [-0.3, -0.25) is 4.79 Å². The first kappa shape index (κ1) is 13.2. The molecular weight excluding hydrogens is 244 g/mol. The minimum atomic E-state index is -0.169. The third-order valence-electron chi connectivity index (χ3n) is 2.48. The summed E-state index contributed by atoms with van der Waals surface area (Å²) in [6.45, 7) is 0.576. The second-order valence-electron chi connectivity index (χ2n) is 4.09. The second kappa shape index (κ2) is 6.65. The second-order valence-corrected chi connectivity index (χ2v) is 4.09.